The van der Waals surface area contributed by atoms with Gasteiger partial charge in [-0.15, -0.1) is 0 Å². The zero-order valence-corrected chi connectivity index (χ0v) is 15.1. The van der Waals surface area contributed by atoms with Crippen LogP contribution in [-0.4, -0.2) is 49.0 Å². The van der Waals surface area contributed by atoms with Crippen molar-refractivity contribution in [3.8, 4) is 5.75 Å². The lowest BCUT2D eigenvalue weighted by Gasteiger charge is -2.35. The van der Waals surface area contributed by atoms with Crippen molar-refractivity contribution < 1.29 is 9.53 Å². The second-order valence-electron chi connectivity index (χ2n) is 6.61. The number of hydrogen-bond donors (Lipinski definition) is 0. The van der Waals surface area contributed by atoms with Crippen LogP contribution in [0.5, 0.6) is 5.75 Å². The highest BCUT2D eigenvalue weighted by molar-refractivity contribution is 5.79. The number of rotatable bonds is 5. The van der Waals surface area contributed by atoms with Crippen molar-refractivity contribution in [3.63, 3.8) is 0 Å². The lowest BCUT2D eigenvalue weighted by molar-refractivity contribution is -0.132. The highest BCUT2D eigenvalue weighted by atomic mass is 16.5. The monoisotopic (exact) mass is 338 g/mol. The third-order valence-electron chi connectivity index (χ3n) is 4.87. The smallest absolute Gasteiger partial charge is 0.227 e. The molecule has 0 aliphatic carbocycles. The van der Waals surface area contributed by atoms with Crippen LogP contribution in [0.3, 0.4) is 0 Å². The largest absolute Gasteiger partial charge is 0.497 e. The molecule has 1 aliphatic rings. The van der Waals surface area contributed by atoms with Crippen molar-refractivity contribution in [1.82, 2.24) is 9.80 Å². The van der Waals surface area contributed by atoms with Crippen molar-refractivity contribution in [2.24, 2.45) is 0 Å². The lowest BCUT2D eigenvalue weighted by atomic mass is 10.1. The number of aryl methyl sites for hydroxylation is 1. The maximum Gasteiger partial charge on any atom is 0.227 e. The van der Waals surface area contributed by atoms with Crippen LogP contribution in [0.1, 0.15) is 16.7 Å². The standard InChI is InChI=1S/C21H26N2O2/c1-17-6-3-4-8-19(17)16-22-10-12-23(13-11-22)21(24)15-18-7-5-9-20(14-18)25-2/h3-9,14H,10-13,15-16H2,1-2H3. The van der Waals surface area contributed by atoms with Gasteiger partial charge < -0.3 is 9.64 Å². The van der Waals surface area contributed by atoms with Gasteiger partial charge in [-0.3, -0.25) is 9.69 Å². The van der Waals surface area contributed by atoms with E-state index in [2.05, 4.69) is 36.1 Å². The molecule has 25 heavy (non-hydrogen) atoms. The summed E-state index contributed by atoms with van der Waals surface area (Å²) in [4.78, 5) is 17.0. The molecule has 1 saturated heterocycles. The van der Waals surface area contributed by atoms with E-state index in [1.165, 1.54) is 11.1 Å². The summed E-state index contributed by atoms with van der Waals surface area (Å²) in [5.74, 6) is 0.997. The van der Waals surface area contributed by atoms with Gasteiger partial charge in [0.25, 0.3) is 0 Å². The molecule has 0 bridgehead atoms. The van der Waals surface area contributed by atoms with Gasteiger partial charge in [0.1, 0.15) is 5.75 Å². The predicted octanol–water partition coefficient (Wildman–Crippen LogP) is 2.89. The van der Waals surface area contributed by atoms with Gasteiger partial charge in [-0.05, 0) is 35.7 Å². The van der Waals surface area contributed by atoms with Crippen LogP contribution < -0.4 is 4.74 Å². The van der Waals surface area contributed by atoms with Crippen molar-refractivity contribution in [1.29, 1.82) is 0 Å². The van der Waals surface area contributed by atoms with E-state index in [1.54, 1.807) is 7.11 Å². The van der Waals surface area contributed by atoms with Gasteiger partial charge in [0.15, 0.2) is 0 Å². The molecule has 0 atom stereocenters. The minimum absolute atomic E-state index is 0.198. The van der Waals surface area contributed by atoms with Crippen molar-refractivity contribution in [2.75, 3.05) is 33.3 Å². The summed E-state index contributed by atoms with van der Waals surface area (Å²) in [6.07, 6.45) is 0.439. The van der Waals surface area contributed by atoms with Gasteiger partial charge in [0.05, 0.1) is 13.5 Å². The third-order valence-corrected chi connectivity index (χ3v) is 4.87. The van der Waals surface area contributed by atoms with E-state index in [0.29, 0.717) is 6.42 Å². The fourth-order valence-electron chi connectivity index (χ4n) is 3.25. The molecule has 132 valence electrons. The molecule has 0 radical (unpaired) electrons. The van der Waals surface area contributed by atoms with E-state index in [-0.39, 0.29) is 5.91 Å². The van der Waals surface area contributed by atoms with E-state index in [9.17, 15) is 4.79 Å². The van der Waals surface area contributed by atoms with Gasteiger partial charge >= 0.3 is 0 Å². The average molecular weight is 338 g/mol. The van der Waals surface area contributed by atoms with Crippen LogP contribution >= 0.6 is 0 Å². The molecule has 1 amide bonds. The molecule has 1 heterocycles. The number of nitrogens with zero attached hydrogens (tertiary/aromatic N) is 2. The molecular weight excluding hydrogens is 312 g/mol. The Morgan fingerprint density at radius 2 is 1.80 bits per heavy atom. The highest BCUT2D eigenvalue weighted by Gasteiger charge is 2.21. The third kappa shape index (κ3) is 4.60. The Balaban J connectivity index is 1.51. The summed E-state index contributed by atoms with van der Waals surface area (Å²) in [6, 6.07) is 16.3. The Bertz CT molecular complexity index is 721. The summed E-state index contributed by atoms with van der Waals surface area (Å²) in [6.45, 7) is 6.58. The van der Waals surface area contributed by atoms with Crippen LogP contribution in [0.2, 0.25) is 0 Å². The predicted molar refractivity (Wildman–Crippen MR) is 99.7 cm³/mol. The first-order valence-electron chi connectivity index (χ1n) is 8.83. The Morgan fingerprint density at radius 1 is 1.04 bits per heavy atom. The molecule has 4 heteroatoms. The molecule has 1 aliphatic heterocycles. The molecule has 0 unspecified atom stereocenters. The van der Waals surface area contributed by atoms with Crippen LogP contribution in [0.25, 0.3) is 0 Å². The van der Waals surface area contributed by atoms with E-state index < -0.39 is 0 Å². The molecule has 2 aromatic rings. The molecule has 0 aromatic heterocycles. The van der Waals surface area contributed by atoms with E-state index in [0.717, 1.165) is 44.0 Å². The lowest BCUT2D eigenvalue weighted by Crippen LogP contribution is -2.48. The molecule has 2 aromatic carbocycles. The number of carbonyl (C=O) groups excluding carboxylic acids is 1. The molecule has 3 rings (SSSR count). The van der Waals surface area contributed by atoms with Crippen LogP contribution in [0, 0.1) is 6.92 Å². The minimum Gasteiger partial charge on any atom is -0.497 e. The van der Waals surface area contributed by atoms with Gasteiger partial charge in [-0.2, -0.15) is 0 Å². The van der Waals surface area contributed by atoms with Crippen molar-refractivity contribution in [2.45, 2.75) is 19.9 Å². The normalized spacial score (nSPS) is 15.2. The highest BCUT2D eigenvalue weighted by Crippen LogP contribution is 2.16. The fourth-order valence-corrected chi connectivity index (χ4v) is 3.25. The number of piperazine rings is 1. The first-order chi connectivity index (χ1) is 12.2. The molecule has 4 nitrogen and oxygen atoms in total. The summed E-state index contributed by atoms with van der Waals surface area (Å²) >= 11 is 0. The zero-order valence-electron chi connectivity index (χ0n) is 15.1. The minimum atomic E-state index is 0.198. The fraction of sp³-hybridized carbons (Fsp3) is 0.381. The maximum atomic E-state index is 12.6. The number of carbonyl (C=O) groups is 1. The van der Waals surface area contributed by atoms with Crippen LogP contribution in [0.4, 0.5) is 0 Å². The van der Waals surface area contributed by atoms with Crippen LogP contribution in [-0.2, 0) is 17.8 Å². The topological polar surface area (TPSA) is 32.8 Å². The molecule has 0 saturated carbocycles. The number of methoxy groups -OCH3 is 1. The molecule has 1 fully saturated rings. The van der Waals surface area contributed by atoms with Gasteiger partial charge in [-0.1, -0.05) is 36.4 Å². The molecule has 0 spiro atoms. The van der Waals surface area contributed by atoms with Crippen molar-refractivity contribution in [3.05, 3.63) is 65.2 Å². The molecule has 0 N–H and O–H groups in total. The van der Waals surface area contributed by atoms with Gasteiger partial charge in [0.2, 0.25) is 5.91 Å². The SMILES string of the molecule is COc1cccc(CC(=O)N2CCN(Cc3ccccc3C)CC2)c1. The van der Waals surface area contributed by atoms with Crippen molar-refractivity contribution >= 4 is 5.91 Å². The number of benzene rings is 2. The first-order valence-corrected chi connectivity index (χ1v) is 8.83. The summed E-state index contributed by atoms with van der Waals surface area (Å²) in [5.41, 5.74) is 3.71. The summed E-state index contributed by atoms with van der Waals surface area (Å²) < 4.78 is 5.23. The first kappa shape index (κ1) is 17.5. The Kier molecular flexibility index (Phi) is 5.71. The number of ether oxygens (including phenoxy) is 1. The van der Waals surface area contributed by atoms with Gasteiger partial charge in [0, 0.05) is 32.7 Å². The van der Waals surface area contributed by atoms with E-state index in [4.69, 9.17) is 4.74 Å². The second-order valence-corrected chi connectivity index (χ2v) is 6.61. The Morgan fingerprint density at radius 3 is 2.52 bits per heavy atom. The zero-order chi connectivity index (χ0) is 17.6. The maximum absolute atomic E-state index is 12.6. The average Bonchev–Trinajstić information content (AvgIpc) is 2.64. The second kappa shape index (κ2) is 8.17. The summed E-state index contributed by atoms with van der Waals surface area (Å²) in [5, 5.41) is 0. The number of hydrogen-bond acceptors (Lipinski definition) is 3. The Labute approximate surface area is 150 Å². The molecular formula is C21H26N2O2. The van der Waals surface area contributed by atoms with Crippen LogP contribution in [0.15, 0.2) is 48.5 Å². The quantitative estimate of drug-likeness (QED) is 0.840. The summed E-state index contributed by atoms with van der Waals surface area (Å²) in [7, 11) is 1.65. The van der Waals surface area contributed by atoms with E-state index in [1.807, 2.05) is 29.2 Å². The van der Waals surface area contributed by atoms with Gasteiger partial charge in [-0.25, -0.2) is 0 Å². The number of amides is 1. The Hall–Kier alpha value is -2.33. The van der Waals surface area contributed by atoms with E-state index >= 15 is 0 Å².